The molecule has 1 heterocycles. The fourth-order valence-corrected chi connectivity index (χ4v) is 2.85. The standard InChI is InChI=1S/C18H13Cl2N3O3/c1-26-15-10-16(24)23(14-5-3-2-4-6-14)22-17(15)18(25)21-13-8-11(19)7-12(20)9-13/h2-10H,1H3,(H,21,25). The predicted octanol–water partition coefficient (Wildman–Crippen LogP) is 3.80. The predicted molar refractivity (Wildman–Crippen MR) is 101 cm³/mol. The minimum atomic E-state index is -0.565. The van der Waals surface area contributed by atoms with E-state index in [1.54, 1.807) is 42.5 Å². The summed E-state index contributed by atoms with van der Waals surface area (Å²) in [7, 11) is 1.36. The lowest BCUT2D eigenvalue weighted by Gasteiger charge is -2.11. The molecule has 0 unspecified atom stereocenters. The van der Waals surface area contributed by atoms with Crippen LogP contribution in [0.3, 0.4) is 0 Å². The number of para-hydroxylation sites is 1. The van der Waals surface area contributed by atoms with Gasteiger partial charge in [-0.15, -0.1) is 0 Å². The molecular formula is C18H13Cl2N3O3. The molecule has 1 amide bonds. The molecule has 8 heteroatoms. The maximum absolute atomic E-state index is 12.7. The van der Waals surface area contributed by atoms with Gasteiger partial charge < -0.3 is 10.1 Å². The molecule has 0 saturated carbocycles. The molecule has 2 aromatic carbocycles. The summed E-state index contributed by atoms with van der Waals surface area (Å²) in [5.41, 5.74) is 0.455. The van der Waals surface area contributed by atoms with Crippen molar-refractivity contribution in [2.24, 2.45) is 0 Å². The first-order chi connectivity index (χ1) is 12.5. The molecule has 3 aromatic rings. The van der Waals surface area contributed by atoms with Crippen molar-refractivity contribution < 1.29 is 9.53 Å². The van der Waals surface area contributed by atoms with E-state index >= 15 is 0 Å². The number of carbonyl (C=O) groups is 1. The number of carbonyl (C=O) groups excluding carboxylic acids is 1. The van der Waals surface area contributed by atoms with Crippen LogP contribution in [0.25, 0.3) is 5.69 Å². The Hall–Kier alpha value is -2.83. The topological polar surface area (TPSA) is 73.2 Å². The Morgan fingerprint density at radius 1 is 1.08 bits per heavy atom. The maximum atomic E-state index is 12.7. The van der Waals surface area contributed by atoms with Crippen molar-refractivity contribution in [3.8, 4) is 11.4 Å². The van der Waals surface area contributed by atoms with Gasteiger partial charge in [0.2, 0.25) is 0 Å². The highest BCUT2D eigenvalue weighted by molar-refractivity contribution is 6.35. The second kappa shape index (κ2) is 7.59. The molecule has 0 aliphatic heterocycles. The van der Waals surface area contributed by atoms with Crippen LogP contribution in [0.4, 0.5) is 5.69 Å². The van der Waals surface area contributed by atoms with E-state index in [1.165, 1.54) is 13.2 Å². The highest BCUT2D eigenvalue weighted by Gasteiger charge is 2.18. The maximum Gasteiger partial charge on any atom is 0.280 e. The molecule has 0 fully saturated rings. The van der Waals surface area contributed by atoms with Gasteiger partial charge in [0.25, 0.3) is 11.5 Å². The third-order valence-corrected chi connectivity index (χ3v) is 3.89. The zero-order valence-electron chi connectivity index (χ0n) is 13.6. The Balaban J connectivity index is 2.02. The number of anilines is 1. The van der Waals surface area contributed by atoms with Crippen molar-refractivity contribution in [3.05, 3.63) is 80.7 Å². The molecule has 0 spiro atoms. The van der Waals surface area contributed by atoms with Gasteiger partial charge in [-0.2, -0.15) is 9.78 Å². The normalized spacial score (nSPS) is 10.4. The minimum Gasteiger partial charge on any atom is -0.494 e. The Morgan fingerprint density at radius 3 is 2.35 bits per heavy atom. The Bertz CT molecular complexity index is 1000. The molecule has 0 aliphatic rings. The molecule has 3 rings (SSSR count). The van der Waals surface area contributed by atoms with Crippen LogP contribution in [0.2, 0.25) is 10.0 Å². The highest BCUT2D eigenvalue weighted by Crippen LogP contribution is 2.23. The highest BCUT2D eigenvalue weighted by atomic mass is 35.5. The van der Waals surface area contributed by atoms with Gasteiger partial charge in [-0.3, -0.25) is 9.59 Å². The van der Waals surface area contributed by atoms with Crippen molar-refractivity contribution >= 4 is 34.8 Å². The molecule has 0 bridgehead atoms. The molecule has 0 radical (unpaired) electrons. The largest absolute Gasteiger partial charge is 0.494 e. The summed E-state index contributed by atoms with van der Waals surface area (Å²) in [6.07, 6.45) is 0. The Morgan fingerprint density at radius 2 is 1.73 bits per heavy atom. The van der Waals surface area contributed by atoms with Gasteiger partial charge in [0.1, 0.15) is 0 Å². The van der Waals surface area contributed by atoms with Gasteiger partial charge >= 0.3 is 0 Å². The van der Waals surface area contributed by atoms with Gasteiger partial charge in [-0.05, 0) is 30.3 Å². The van der Waals surface area contributed by atoms with Gasteiger partial charge in [-0.1, -0.05) is 41.4 Å². The monoisotopic (exact) mass is 389 g/mol. The van der Waals surface area contributed by atoms with E-state index < -0.39 is 11.5 Å². The van der Waals surface area contributed by atoms with E-state index in [2.05, 4.69) is 10.4 Å². The van der Waals surface area contributed by atoms with E-state index in [4.69, 9.17) is 27.9 Å². The average Bonchev–Trinajstić information content (AvgIpc) is 2.61. The number of ether oxygens (including phenoxy) is 1. The van der Waals surface area contributed by atoms with Crippen LogP contribution >= 0.6 is 23.2 Å². The van der Waals surface area contributed by atoms with Crippen molar-refractivity contribution in [1.82, 2.24) is 9.78 Å². The summed E-state index contributed by atoms with van der Waals surface area (Å²) in [6, 6.07) is 14.6. The second-order valence-corrected chi connectivity index (χ2v) is 6.13. The van der Waals surface area contributed by atoms with Crippen LogP contribution in [0.15, 0.2) is 59.4 Å². The lowest BCUT2D eigenvalue weighted by Crippen LogP contribution is -2.26. The van der Waals surface area contributed by atoms with E-state index in [1.807, 2.05) is 6.07 Å². The zero-order valence-corrected chi connectivity index (χ0v) is 15.1. The van der Waals surface area contributed by atoms with Crippen molar-refractivity contribution in [2.75, 3.05) is 12.4 Å². The van der Waals surface area contributed by atoms with E-state index in [0.717, 1.165) is 4.68 Å². The number of hydrogen-bond donors (Lipinski definition) is 1. The number of aromatic nitrogens is 2. The Kier molecular flexibility index (Phi) is 5.25. The number of hydrogen-bond acceptors (Lipinski definition) is 4. The summed E-state index contributed by atoms with van der Waals surface area (Å²) in [6.45, 7) is 0. The summed E-state index contributed by atoms with van der Waals surface area (Å²) in [5.74, 6) is -0.502. The molecule has 1 aromatic heterocycles. The fourth-order valence-electron chi connectivity index (χ4n) is 2.32. The molecule has 132 valence electrons. The first kappa shape index (κ1) is 18.0. The second-order valence-electron chi connectivity index (χ2n) is 5.26. The molecule has 0 atom stereocenters. The summed E-state index contributed by atoms with van der Waals surface area (Å²) < 4.78 is 6.26. The first-order valence-electron chi connectivity index (χ1n) is 7.49. The van der Waals surface area contributed by atoms with Crippen LogP contribution in [0, 0.1) is 0 Å². The molecule has 0 saturated heterocycles. The molecule has 6 nitrogen and oxygen atoms in total. The van der Waals surface area contributed by atoms with Crippen LogP contribution in [0.5, 0.6) is 5.75 Å². The Labute approximate surface area is 158 Å². The van der Waals surface area contributed by atoms with Crippen LogP contribution in [-0.2, 0) is 0 Å². The number of nitrogens with one attached hydrogen (secondary N) is 1. The van der Waals surface area contributed by atoms with Crippen LogP contribution in [-0.4, -0.2) is 22.8 Å². The summed E-state index contributed by atoms with van der Waals surface area (Å²) >= 11 is 11.9. The van der Waals surface area contributed by atoms with Crippen molar-refractivity contribution in [3.63, 3.8) is 0 Å². The van der Waals surface area contributed by atoms with Crippen molar-refractivity contribution in [2.45, 2.75) is 0 Å². The zero-order chi connectivity index (χ0) is 18.7. The van der Waals surface area contributed by atoms with Crippen molar-refractivity contribution in [1.29, 1.82) is 0 Å². The number of nitrogens with zero attached hydrogens (tertiary/aromatic N) is 2. The lowest BCUT2D eigenvalue weighted by atomic mass is 10.2. The third kappa shape index (κ3) is 3.87. The number of methoxy groups -OCH3 is 1. The first-order valence-corrected chi connectivity index (χ1v) is 8.25. The average molecular weight is 390 g/mol. The number of halogens is 2. The van der Waals surface area contributed by atoms with E-state index in [0.29, 0.717) is 21.4 Å². The van der Waals surface area contributed by atoms with Gasteiger partial charge in [0.05, 0.1) is 18.9 Å². The third-order valence-electron chi connectivity index (χ3n) is 3.45. The van der Waals surface area contributed by atoms with Gasteiger partial charge in [-0.25, -0.2) is 0 Å². The van der Waals surface area contributed by atoms with Gasteiger partial charge in [0, 0.05) is 15.7 Å². The van der Waals surface area contributed by atoms with Crippen LogP contribution in [0.1, 0.15) is 10.5 Å². The number of benzene rings is 2. The van der Waals surface area contributed by atoms with Gasteiger partial charge in [0.15, 0.2) is 11.4 Å². The van der Waals surface area contributed by atoms with E-state index in [9.17, 15) is 9.59 Å². The van der Waals surface area contributed by atoms with Crippen LogP contribution < -0.4 is 15.6 Å². The molecule has 1 N–H and O–H groups in total. The fraction of sp³-hybridized carbons (Fsp3) is 0.0556. The molecule has 26 heavy (non-hydrogen) atoms. The number of rotatable bonds is 4. The smallest absolute Gasteiger partial charge is 0.280 e. The molecule has 0 aliphatic carbocycles. The summed E-state index contributed by atoms with van der Waals surface area (Å²) in [5, 5.41) is 7.56. The molecular weight excluding hydrogens is 377 g/mol. The lowest BCUT2D eigenvalue weighted by molar-refractivity contribution is 0.101. The summed E-state index contributed by atoms with van der Waals surface area (Å²) in [4.78, 5) is 24.9. The van der Waals surface area contributed by atoms with E-state index in [-0.39, 0.29) is 11.4 Å². The minimum absolute atomic E-state index is 0.0490. The SMILES string of the molecule is COc1cc(=O)n(-c2ccccc2)nc1C(=O)Nc1cc(Cl)cc(Cl)c1. The number of amides is 1. The quantitative estimate of drug-likeness (QED) is 0.736.